The Balaban J connectivity index is 2.28. The van der Waals surface area contributed by atoms with Crippen molar-refractivity contribution in [2.45, 2.75) is 76.2 Å². The maximum absolute atomic E-state index is 12.9. The molecule has 0 aromatic heterocycles. The number of aryl methyl sites for hydroxylation is 1. The highest BCUT2D eigenvalue weighted by Crippen LogP contribution is 2.42. The third kappa shape index (κ3) is 6.67. The lowest BCUT2D eigenvalue weighted by atomic mass is 9.81. The number of likely N-dealkylation sites (tertiary alicyclic amines) is 1. The monoisotopic (exact) mass is 607 g/mol. The van der Waals surface area contributed by atoms with Gasteiger partial charge in [-0.05, 0) is 66.7 Å². The Bertz CT molecular complexity index is 1030. The average Bonchev–Trinajstić information content (AvgIpc) is 2.64. The van der Waals surface area contributed by atoms with Crippen LogP contribution in [-0.4, -0.2) is 57.3 Å². The van der Waals surface area contributed by atoms with Crippen molar-refractivity contribution >= 4 is 52.6 Å². The maximum atomic E-state index is 12.9. The number of hydrogen-bond donors (Lipinski definition) is 1. The molecule has 1 aliphatic rings. The molecule has 1 aliphatic heterocycles. The third-order valence-corrected chi connectivity index (χ3v) is 13.8. The van der Waals surface area contributed by atoms with E-state index in [1.807, 2.05) is 36.4 Å². The third-order valence-electron chi connectivity index (χ3n) is 6.52. The van der Waals surface area contributed by atoms with Crippen molar-refractivity contribution in [3.63, 3.8) is 0 Å². The zero-order valence-electron chi connectivity index (χ0n) is 20.3. The molecule has 1 N–H and O–H groups in total. The second-order valence-corrected chi connectivity index (χ2v) is 18.1. The van der Waals surface area contributed by atoms with E-state index in [2.05, 4.69) is 33.9 Å². The minimum absolute atomic E-state index is 0.0409. The summed E-state index contributed by atoms with van der Waals surface area (Å²) in [7, 11) is -5.81. The number of hydrogen-bond acceptors (Lipinski definition) is 5. The van der Waals surface area contributed by atoms with Crippen molar-refractivity contribution in [2.75, 3.05) is 6.54 Å². The molecule has 1 heterocycles. The summed E-state index contributed by atoms with van der Waals surface area (Å²) in [5.74, 6) is -1.88. The standard InChI is InChI=1S/C23H34INO6SSi/c1-15-8-10-18(11-9-15)32(29,30)14-17(24)12-19-21(22(28)25(19)13-20(26)27)16(2)31-33(6,7)23(3,4)5/h8-11,14,16,19,21H,12-13H2,1-7H3,(H,26,27)/b17-14+/t16-,19-,21+/m1/s1. The number of carbonyl (C=O) groups is 2. The van der Waals surface area contributed by atoms with E-state index >= 15 is 0 Å². The Morgan fingerprint density at radius 2 is 1.82 bits per heavy atom. The molecule has 3 atom stereocenters. The van der Waals surface area contributed by atoms with E-state index in [0.29, 0.717) is 3.58 Å². The Hall–Kier alpha value is -1.24. The summed E-state index contributed by atoms with van der Waals surface area (Å²) >= 11 is 1.96. The van der Waals surface area contributed by atoms with Crippen LogP contribution in [0.3, 0.4) is 0 Å². The van der Waals surface area contributed by atoms with Crippen LogP contribution in [0.4, 0.5) is 0 Å². The first-order valence-electron chi connectivity index (χ1n) is 10.8. The number of carboxylic acids is 1. The van der Waals surface area contributed by atoms with Gasteiger partial charge in [0.15, 0.2) is 8.32 Å². The van der Waals surface area contributed by atoms with Crippen LogP contribution >= 0.6 is 22.6 Å². The Kier molecular flexibility index (Phi) is 8.63. The minimum atomic E-state index is -3.66. The summed E-state index contributed by atoms with van der Waals surface area (Å²) in [5, 5.41) is 10.4. The van der Waals surface area contributed by atoms with Gasteiger partial charge in [-0.25, -0.2) is 8.42 Å². The fourth-order valence-corrected chi connectivity index (χ4v) is 7.62. The lowest BCUT2D eigenvalue weighted by molar-refractivity contribution is -0.168. The normalized spacial score (nSPS) is 21.0. The van der Waals surface area contributed by atoms with Gasteiger partial charge in [-0.2, -0.15) is 0 Å². The van der Waals surface area contributed by atoms with Crippen molar-refractivity contribution in [1.82, 2.24) is 4.90 Å². The molecular formula is C23H34INO6SSi. The summed E-state index contributed by atoms with van der Waals surface area (Å²) in [6.07, 6.45) is -0.146. The van der Waals surface area contributed by atoms with Crippen LogP contribution in [0.1, 0.15) is 39.7 Å². The van der Waals surface area contributed by atoms with Gasteiger partial charge in [0.25, 0.3) is 0 Å². The van der Waals surface area contributed by atoms with Crippen molar-refractivity contribution in [3.05, 3.63) is 38.8 Å². The molecule has 184 valence electrons. The Morgan fingerprint density at radius 3 is 2.30 bits per heavy atom. The molecule has 10 heteroatoms. The summed E-state index contributed by atoms with van der Waals surface area (Å²) in [6, 6.07) is 6.16. The molecule has 1 aromatic carbocycles. The molecule has 0 spiro atoms. The van der Waals surface area contributed by atoms with Gasteiger partial charge in [0.2, 0.25) is 15.7 Å². The number of rotatable bonds is 9. The second-order valence-electron chi connectivity index (χ2n) is 10.2. The summed E-state index contributed by atoms with van der Waals surface area (Å²) < 4.78 is 32.6. The highest BCUT2D eigenvalue weighted by atomic mass is 127. The predicted molar refractivity (Wildman–Crippen MR) is 139 cm³/mol. The van der Waals surface area contributed by atoms with Gasteiger partial charge >= 0.3 is 5.97 Å². The molecule has 7 nitrogen and oxygen atoms in total. The second kappa shape index (κ2) is 10.2. The van der Waals surface area contributed by atoms with Crippen molar-refractivity contribution in [3.8, 4) is 0 Å². The summed E-state index contributed by atoms with van der Waals surface area (Å²) in [4.78, 5) is 25.7. The molecule has 0 unspecified atom stereocenters. The lowest BCUT2D eigenvalue weighted by Crippen LogP contribution is -2.66. The quantitative estimate of drug-likeness (QED) is 0.247. The molecule has 2 rings (SSSR count). The molecule has 0 aliphatic carbocycles. The SMILES string of the molecule is Cc1ccc(S(=O)(=O)/C=C(/I)C[C@@H]2[C@H]([C@@H](C)O[Si](C)(C)C(C)(C)C)C(=O)N2CC(=O)O)cc1. The molecule has 1 amide bonds. The first-order chi connectivity index (χ1) is 15.0. The van der Waals surface area contributed by atoms with Gasteiger partial charge in [0.1, 0.15) is 6.54 Å². The maximum Gasteiger partial charge on any atom is 0.323 e. The van der Waals surface area contributed by atoms with E-state index in [9.17, 15) is 23.1 Å². The first kappa shape index (κ1) is 28.0. The van der Waals surface area contributed by atoms with Gasteiger partial charge < -0.3 is 14.4 Å². The number of sulfone groups is 1. The molecule has 33 heavy (non-hydrogen) atoms. The number of β-lactam (4-membered cyclic amide) rings is 1. The lowest BCUT2D eigenvalue weighted by Gasteiger charge is -2.51. The molecule has 1 saturated heterocycles. The number of carboxylic acid groups (broad SMARTS) is 1. The molecule has 1 fully saturated rings. The van der Waals surface area contributed by atoms with Gasteiger partial charge in [-0.1, -0.05) is 38.5 Å². The van der Waals surface area contributed by atoms with Crippen LogP contribution in [0.5, 0.6) is 0 Å². The smallest absolute Gasteiger partial charge is 0.323 e. The number of nitrogens with zero attached hydrogens (tertiary/aromatic N) is 1. The van der Waals surface area contributed by atoms with Crippen LogP contribution in [0.25, 0.3) is 0 Å². The number of halogens is 1. The van der Waals surface area contributed by atoms with Gasteiger partial charge in [0, 0.05) is 15.4 Å². The number of aliphatic carboxylic acids is 1. The van der Waals surface area contributed by atoms with E-state index in [1.54, 1.807) is 24.3 Å². The molecule has 0 saturated carbocycles. The highest BCUT2D eigenvalue weighted by Gasteiger charge is 2.52. The van der Waals surface area contributed by atoms with Crippen LogP contribution in [-0.2, 0) is 23.9 Å². The Labute approximate surface area is 211 Å². The Morgan fingerprint density at radius 1 is 1.27 bits per heavy atom. The minimum Gasteiger partial charge on any atom is -0.480 e. The van der Waals surface area contributed by atoms with Gasteiger partial charge in [-0.15, -0.1) is 0 Å². The zero-order valence-corrected chi connectivity index (χ0v) is 24.2. The molecular weight excluding hydrogens is 573 g/mol. The zero-order chi connectivity index (χ0) is 25.4. The predicted octanol–water partition coefficient (Wildman–Crippen LogP) is 4.76. The van der Waals surface area contributed by atoms with Crippen molar-refractivity contribution in [2.24, 2.45) is 5.92 Å². The molecule has 0 radical (unpaired) electrons. The van der Waals surface area contributed by atoms with E-state index in [0.717, 1.165) is 5.56 Å². The van der Waals surface area contributed by atoms with Crippen LogP contribution in [0.2, 0.25) is 18.1 Å². The topological polar surface area (TPSA) is 101 Å². The fourth-order valence-electron chi connectivity index (χ4n) is 3.65. The van der Waals surface area contributed by atoms with Crippen LogP contribution < -0.4 is 0 Å². The van der Waals surface area contributed by atoms with Gasteiger partial charge in [0.05, 0.1) is 23.0 Å². The van der Waals surface area contributed by atoms with Crippen LogP contribution in [0.15, 0.2) is 38.1 Å². The van der Waals surface area contributed by atoms with Crippen LogP contribution in [0, 0.1) is 12.8 Å². The first-order valence-corrected chi connectivity index (χ1v) is 16.4. The van der Waals surface area contributed by atoms with Gasteiger partial charge in [-0.3, -0.25) is 9.59 Å². The largest absolute Gasteiger partial charge is 0.480 e. The van der Waals surface area contributed by atoms with Crippen molar-refractivity contribution in [1.29, 1.82) is 0 Å². The molecule has 0 bridgehead atoms. The number of amides is 1. The summed E-state index contributed by atoms with van der Waals surface area (Å²) in [6.45, 7) is 13.9. The number of benzene rings is 1. The van der Waals surface area contributed by atoms with E-state index in [4.69, 9.17) is 4.43 Å². The fraction of sp³-hybridized carbons (Fsp3) is 0.565. The van der Waals surface area contributed by atoms with E-state index < -0.39 is 48.7 Å². The van der Waals surface area contributed by atoms with E-state index in [-0.39, 0.29) is 22.3 Å². The average molecular weight is 608 g/mol. The molecule has 1 aromatic rings. The van der Waals surface area contributed by atoms with E-state index in [1.165, 1.54) is 10.3 Å². The summed E-state index contributed by atoms with van der Waals surface area (Å²) in [5.41, 5.74) is 0.962. The highest BCUT2D eigenvalue weighted by molar-refractivity contribution is 14.1. The number of carbonyl (C=O) groups excluding carboxylic acids is 1. The van der Waals surface area contributed by atoms with Crippen molar-refractivity contribution < 1.29 is 27.5 Å².